The lowest BCUT2D eigenvalue weighted by Gasteiger charge is -2.30. The predicted molar refractivity (Wildman–Crippen MR) is 120 cm³/mol. The van der Waals surface area contributed by atoms with Gasteiger partial charge in [0, 0.05) is 47.8 Å². The van der Waals surface area contributed by atoms with E-state index in [0.29, 0.717) is 43.3 Å². The van der Waals surface area contributed by atoms with Crippen molar-refractivity contribution in [3.8, 4) is 11.3 Å². The van der Waals surface area contributed by atoms with Gasteiger partial charge in [-0.2, -0.15) is 5.10 Å². The van der Waals surface area contributed by atoms with Gasteiger partial charge in [-0.15, -0.1) is 0 Å². The molecule has 8 heteroatoms. The first-order valence-corrected chi connectivity index (χ1v) is 11.3. The number of carbonyl (C=O) groups is 2. The second-order valence-electron chi connectivity index (χ2n) is 8.65. The van der Waals surface area contributed by atoms with E-state index in [9.17, 15) is 9.59 Å². The lowest BCUT2D eigenvalue weighted by Crippen LogP contribution is -2.41. The summed E-state index contributed by atoms with van der Waals surface area (Å²) in [5.41, 5.74) is 10.4. The van der Waals surface area contributed by atoms with Crippen LogP contribution in [-0.4, -0.2) is 39.6 Å². The smallest absolute Gasteiger partial charge is 0.289 e. The molecule has 0 atom stereocenters. The zero-order chi connectivity index (χ0) is 22.4. The van der Waals surface area contributed by atoms with E-state index in [2.05, 4.69) is 6.20 Å². The van der Waals surface area contributed by atoms with Crippen molar-refractivity contribution in [3.05, 3.63) is 63.7 Å². The Morgan fingerprint density at radius 2 is 1.91 bits per heavy atom. The van der Waals surface area contributed by atoms with Crippen LogP contribution in [0.2, 0.25) is 5.02 Å². The summed E-state index contributed by atoms with van der Waals surface area (Å²) >= 11 is 5.99. The molecule has 2 aromatic heterocycles. The molecule has 0 bridgehead atoms. The molecule has 1 aliphatic carbocycles. The van der Waals surface area contributed by atoms with Gasteiger partial charge in [-0.05, 0) is 49.4 Å². The molecule has 1 aliphatic heterocycles. The Morgan fingerprint density at radius 3 is 2.59 bits per heavy atom. The van der Waals surface area contributed by atoms with Crippen LogP contribution in [0, 0.1) is 12.8 Å². The first kappa shape index (κ1) is 20.8. The normalized spacial score (nSPS) is 16.0. The van der Waals surface area contributed by atoms with E-state index in [1.165, 1.54) is 0 Å². The molecule has 1 aromatic carbocycles. The number of aryl methyl sites for hydroxylation is 2. The molecule has 2 N–H and O–H groups in total. The van der Waals surface area contributed by atoms with Crippen LogP contribution >= 0.6 is 11.6 Å². The fourth-order valence-electron chi connectivity index (χ4n) is 4.74. The van der Waals surface area contributed by atoms with Gasteiger partial charge < -0.3 is 15.1 Å². The van der Waals surface area contributed by atoms with E-state index in [0.717, 1.165) is 46.5 Å². The number of amides is 2. The van der Waals surface area contributed by atoms with Gasteiger partial charge >= 0.3 is 0 Å². The number of primary amides is 1. The number of benzene rings is 1. The number of piperidine rings is 1. The Morgan fingerprint density at radius 1 is 1.19 bits per heavy atom. The number of rotatable bonds is 4. The van der Waals surface area contributed by atoms with Gasteiger partial charge in [-0.3, -0.25) is 14.3 Å². The number of fused-ring (bicyclic) bond motifs is 3. The molecule has 2 aliphatic rings. The van der Waals surface area contributed by atoms with Gasteiger partial charge in [0.1, 0.15) is 5.76 Å². The standard InChI is InChI=1S/C24H25ClN4O3/c1-14-20-19(32-22(14)24(31)28-10-8-16(9-11-28)23(26)30)7-4-17-13-29(27-21(17)20)12-15-2-5-18(25)6-3-15/h2-3,5-6,13,16H,4,7-12H2,1H3,(H2,26,30). The minimum Gasteiger partial charge on any atom is -0.455 e. The van der Waals surface area contributed by atoms with Gasteiger partial charge in [0.25, 0.3) is 5.91 Å². The van der Waals surface area contributed by atoms with Crippen LogP contribution in [-0.2, 0) is 24.2 Å². The van der Waals surface area contributed by atoms with E-state index < -0.39 is 0 Å². The Bertz CT molecular complexity index is 1190. The third kappa shape index (κ3) is 3.71. The zero-order valence-electron chi connectivity index (χ0n) is 17.9. The molecule has 0 spiro atoms. The van der Waals surface area contributed by atoms with Gasteiger partial charge in [0.15, 0.2) is 5.76 Å². The highest BCUT2D eigenvalue weighted by Crippen LogP contribution is 2.39. The first-order valence-electron chi connectivity index (χ1n) is 10.9. The number of carbonyl (C=O) groups excluding carboxylic acids is 2. The molecule has 3 heterocycles. The molecular formula is C24H25ClN4O3. The summed E-state index contributed by atoms with van der Waals surface area (Å²) in [5.74, 6) is 0.636. The number of nitrogens with two attached hydrogens (primary N) is 1. The molecule has 3 aromatic rings. The Labute approximate surface area is 191 Å². The third-order valence-corrected chi connectivity index (χ3v) is 6.80. The van der Waals surface area contributed by atoms with Crippen molar-refractivity contribution in [3.63, 3.8) is 0 Å². The van der Waals surface area contributed by atoms with Crippen LogP contribution in [0.4, 0.5) is 0 Å². The van der Waals surface area contributed by atoms with E-state index >= 15 is 0 Å². The van der Waals surface area contributed by atoms with Crippen LogP contribution in [0.3, 0.4) is 0 Å². The fraction of sp³-hybridized carbons (Fsp3) is 0.375. The zero-order valence-corrected chi connectivity index (χ0v) is 18.7. The number of hydrogen-bond donors (Lipinski definition) is 1. The highest BCUT2D eigenvalue weighted by atomic mass is 35.5. The minimum atomic E-state index is -0.288. The quantitative estimate of drug-likeness (QED) is 0.654. The molecule has 1 saturated heterocycles. The molecule has 0 unspecified atom stereocenters. The third-order valence-electron chi connectivity index (χ3n) is 6.55. The van der Waals surface area contributed by atoms with Crippen molar-refractivity contribution in [1.82, 2.24) is 14.7 Å². The number of nitrogens with zero attached hydrogens (tertiary/aromatic N) is 3. The second-order valence-corrected chi connectivity index (χ2v) is 9.09. The maximum Gasteiger partial charge on any atom is 0.289 e. The van der Waals surface area contributed by atoms with Crippen LogP contribution < -0.4 is 5.73 Å². The molecule has 1 fully saturated rings. The molecule has 7 nitrogen and oxygen atoms in total. The molecule has 0 radical (unpaired) electrons. The maximum absolute atomic E-state index is 13.2. The Balaban J connectivity index is 1.39. The Kier molecular flexibility index (Phi) is 5.29. The highest BCUT2D eigenvalue weighted by Gasteiger charge is 2.33. The monoisotopic (exact) mass is 452 g/mol. The predicted octanol–water partition coefficient (Wildman–Crippen LogP) is 3.59. The van der Waals surface area contributed by atoms with Crippen molar-refractivity contribution in [2.75, 3.05) is 13.1 Å². The largest absolute Gasteiger partial charge is 0.455 e. The van der Waals surface area contributed by atoms with Crippen LogP contribution in [0.1, 0.15) is 45.8 Å². The van der Waals surface area contributed by atoms with Crippen molar-refractivity contribution in [2.45, 2.75) is 39.2 Å². The summed E-state index contributed by atoms with van der Waals surface area (Å²) < 4.78 is 8.01. The average Bonchev–Trinajstić information content (AvgIpc) is 3.35. The summed E-state index contributed by atoms with van der Waals surface area (Å²) in [6.45, 7) is 3.60. The number of likely N-dealkylation sites (tertiary alicyclic amines) is 1. The lowest BCUT2D eigenvalue weighted by atomic mass is 9.93. The molecule has 166 valence electrons. The average molecular weight is 453 g/mol. The summed E-state index contributed by atoms with van der Waals surface area (Å²) in [5, 5.41) is 5.54. The molecule has 2 amide bonds. The number of hydrogen-bond acceptors (Lipinski definition) is 4. The van der Waals surface area contributed by atoms with E-state index in [-0.39, 0.29) is 17.7 Å². The van der Waals surface area contributed by atoms with Gasteiger partial charge in [0.05, 0.1) is 12.2 Å². The topological polar surface area (TPSA) is 94.4 Å². The van der Waals surface area contributed by atoms with E-state index in [1.54, 1.807) is 4.90 Å². The van der Waals surface area contributed by atoms with Gasteiger partial charge in [0.2, 0.25) is 5.91 Å². The summed E-state index contributed by atoms with van der Waals surface area (Å²) in [6, 6.07) is 7.75. The summed E-state index contributed by atoms with van der Waals surface area (Å²) in [7, 11) is 0. The number of halogens is 1. The van der Waals surface area contributed by atoms with E-state index in [4.69, 9.17) is 26.9 Å². The maximum atomic E-state index is 13.2. The van der Waals surface area contributed by atoms with E-state index in [1.807, 2.05) is 35.9 Å². The Hall–Kier alpha value is -3.06. The van der Waals surface area contributed by atoms with Gasteiger partial charge in [-0.25, -0.2) is 0 Å². The second kappa shape index (κ2) is 8.13. The SMILES string of the molecule is Cc1c(C(=O)N2CCC(C(N)=O)CC2)oc2c1-c1nn(Cc3ccc(Cl)cc3)cc1CC2. The number of furan rings is 1. The van der Waals surface area contributed by atoms with Crippen LogP contribution in [0.25, 0.3) is 11.3 Å². The molecule has 32 heavy (non-hydrogen) atoms. The van der Waals surface area contributed by atoms with Crippen LogP contribution in [0.5, 0.6) is 0 Å². The summed E-state index contributed by atoms with van der Waals surface area (Å²) in [4.78, 5) is 26.4. The number of aromatic nitrogens is 2. The van der Waals surface area contributed by atoms with Crippen molar-refractivity contribution >= 4 is 23.4 Å². The molecular weight excluding hydrogens is 428 g/mol. The summed E-state index contributed by atoms with van der Waals surface area (Å²) in [6.07, 6.45) is 4.84. The van der Waals surface area contributed by atoms with Crippen molar-refractivity contribution in [1.29, 1.82) is 0 Å². The van der Waals surface area contributed by atoms with Crippen LogP contribution in [0.15, 0.2) is 34.9 Å². The highest BCUT2D eigenvalue weighted by molar-refractivity contribution is 6.30. The first-order chi connectivity index (χ1) is 15.4. The molecule has 5 rings (SSSR count). The lowest BCUT2D eigenvalue weighted by molar-refractivity contribution is -0.123. The van der Waals surface area contributed by atoms with Crippen molar-refractivity contribution in [2.24, 2.45) is 11.7 Å². The minimum absolute atomic E-state index is 0.123. The van der Waals surface area contributed by atoms with Crippen molar-refractivity contribution < 1.29 is 14.0 Å². The molecule has 0 saturated carbocycles. The van der Waals surface area contributed by atoms with Gasteiger partial charge in [-0.1, -0.05) is 23.7 Å². The fourth-order valence-corrected chi connectivity index (χ4v) is 4.86.